The first-order valence-corrected chi connectivity index (χ1v) is 11.2. The van der Waals surface area contributed by atoms with E-state index in [2.05, 4.69) is 22.2 Å². The van der Waals surface area contributed by atoms with Crippen molar-refractivity contribution in [3.8, 4) is 0 Å². The van der Waals surface area contributed by atoms with Crippen molar-refractivity contribution < 1.29 is 18.2 Å². The van der Waals surface area contributed by atoms with Gasteiger partial charge in [0.05, 0.1) is 29.0 Å². The summed E-state index contributed by atoms with van der Waals surface area (Å²) in [5, 5.41) is 14.8. The van der Waals surface area contributed by atoms with Gasteiger partial charge in [-0.2, -0.15) is 0 Å². The van der Waals surface area contributed by atoms with Crippen LogP contribution in [-0.2, 0) is 16.6 Å². The van der Waals surface area contributed by atoms with Gasteiger partial charge >= 0.3 is 0 Å². The van der Waals surface area contributed by atoms with Crippen molar-refractivity contribution in [2.75, 3.05) is 18.4 Å². The number of nitro benzene ring substituents is 1. The van der Waals surface area contributed by atoms with Crippen molar-refractivity contribution in [2.24, 2.45) is 0 Å². The number of rotatable bonds is 8. The van der Waals surface area contributed by atoms with Gasteiger partial charge < -0.3 is 10.2 Å². The SMILES string of the molecule is CC(C)NS(=O)(=O)c1ccc(N[C@@H]2CC[NH+](Cc3ccccc3)C2)c([N+](=O)[O-])c1. The fourth-order valence-electron chi connectivity index (χ4n) is 3.65. The Bertz CT molecular complexity index is 964. The second-order valence-electron chi connectivity index (χ2n) is 7.71. The largest absolute Gasteiger partial charge is 0.371 e. The Labute approximate surface area is 171 Å². The molecule has 8 nitrogen and oxygen atoms in total. The predicted molar refractivity (Wildman–Crippen MR) is 111 cm³/mol. The summed E-state index contributed by atoms with van der Waals surface area (Å²) >= 11 is 0. The Morgan fingerprint density at radius 1 is 1.21 bits per heavy atom. The van der Waals surface area contributed by atoms with E-state index in [1.54, 1.807) is 13.8 Å². The summed E-state index contributed by atoms with van der Waals surface area (Å²) in [4.78, 5) is 12.3. The molecule has 1 fully saturated rings. The number of nitro groups is 1. The van der Waals surface area contributed by atoms with E-state index in [0.29, 0.717) is 5.69 Å². The van der Waals surface area contributed by atoms with Gasteiger partial charge in [-0.05, 0) is 26.0 Å². The van der Waals surface area contributed by atoms with Crippen molar-refractivity contribution in [1.29, 1.82) is 0 Å². The molecule has 0 bridgehead atoms. The van der Waals surface area contributed by atoms with Crippen LogP contribution in [0.1, 0.15) is 25.8 Å². The van der Waals surface area contributed by atoms with Crippen LogP contribution in [0.5, 0.6) is 0 Å². The van der Waals surface area contributed by atoms with Crippen molar-refractivity contribution in [1.82, 2.24) is 4.72 Å². The van der Waals surface area contributed by atoms with Gasteiger partial charge in [0.25, 0.3) is 5.69 Å². The molecule has 0 radical (unpaired) electrons. The van der Waals surface area contributed by atoms with E-state index in [1.165, 1.54) is 22.6 Å². The normalized spacial score (nSPS) is 19.4. The van der Waals surface area contributed by atoms with Gasteiger partial charge in [0.1, 0.15) is 12.2 Å². The number of nitrogens with zero attached hydrogens (tertiary/aromatic N) is 1. The number of anilines is 1. The zero-order chi connectivity index (χ0) is 21.0. The number of sulfonamides is 1. The first-order chi connectivity index (χ1) is 13.7. The lowest BCUT2D eigenvalue weighted by atomic mass is 10.2. The van der Waals surface area contributed by atoms with Crippen molar-refractivity contribution in [3.05, 3.63) is 64.2 Å². The zero-order valence-corrected chi connectivity index (χ0v) is 17.4. The Balaban J connectivity index is 1.71. The molecule has 1 unspecified atom stereocenters. The van der Waals surface area contributed by atoms with Gasteiger partial charge in [-0.15, -0.1) is 0 Å². The number of likely N-dealkylation sites (tertiary alicyclic amines) is 1. The highest BCUT2D eigenvalue weighted by atomic mass is 32.2. The van der Waals surface area contributed by atoms with Gasteiger partial charge in [0.2, 0.25) is 10.0 Å². The minimum Gasteiger partial charge on any atom is -0.371 e. The zero-order valence-electron chi connectivity index (χ0n) is 16.6. The Morgan fingerprint density at radius 3 is 2.59 bits per heavy atom. The standard InChI is InChI=1S/C20H26N4O4S/c1-15(2)22-29(27,28)18-8-9-19(20(12-18)24(25)26)21-17-10-11-23(14-17)13-16-6-4-3-5-7-16/h3-9,12,15,17,21-22H,10-11,13-14H2,1-2H3/p+1/t17-/m1/s1. The molecule has 1 aliphatic rings. The monoisotopic (exact) mass is 419 g/mol. The van der Waals surface area contributed by atoms with Crippen LogP contribution in [-0.4, -0.2) is 38.5 Å². The van der Waals surface area contributed by atoms with E-state index in [-0.39, 0.29) is 22.7 Å². The topological polar surface area (TPSA) is 106 Å². The molecule has 1 aliphatic heterocycles. The van der Waals surface area contributed by atoms with E-state index in [4.69, 9.17) is 0 Å². The maximum absolute atomic E-state index is 12.3. The average Bonchev–Trinajstić information content (AvgIpc) is 3.08. The Hall–Kier alpha value is -2.49. The molecule has 29 heavy (non-hydrogen) atoms. The highest BCUT2D eigenvalue weighted by Crippen LogP contribution is 2.28. The number of hydrogen-bond donors (Lipinski definition) is 3. The molecule has 0 spiro atoms. The molecule has 3 N–H and O–H groups in total. The van der Waals surface area contributed by atoms with Crippen LogP contribution in [0.3, 0.4) is 0 Å². The minimum absolute atomic E-state index is 0.101. The lowest BCUT2D eigenvalue weighted by Gasteiger charge is -2.16. The molecule has 2 aromatic rings. The lowest BCUT2D eigenvalue weighted by molar-refractivity contribution is -0.901. The third-order valence-corrected chi connectivity index (χ3v) is 6.56. The fourth-order valence-corrected chi connectivity index (χ4v) is 4.92. The third kappa shape index (κ3) is 5.53. The molecular weight excluding hydrogens is 392 g/mol. The summed E-state index contributed by atoms with van der Waals surface area (Å²) in [5.41, 5.74) is 1.39. The summed E-state index contributed by atoms with van der Waals surface area (Å²) in [6, 6.07) is 14.1. The first-order valence-electron chi connectivity index (χ1n) is 9.69. The quantitative estimate of drug-likeness (QED) is 0.445. The molecule has 9 heteroatoms. The molecule has 2 atom stereocenters. The van der Waals surface area contributed by atoms with E-state index in [1.807, 2.05) is 18.2 Å². The van der Waals surface area contributed by atoms with E-state index in [9.17, 15) is 18.5 Å². The third-order valence-electron chi connectivity index (χ3n) is 4.91. The molecule has 1 heterocycles. The molecule has 0 aliphatic carbocycles. The van der Waals surface area contributed by atoms with Crippen molar-refractivity contribution in [2.45, 2.75) is 43.8 Å². The van der Waals surface area contributed by atoms with E-state index >= 15 is 0 Å². The predicted octanol–water partition coefficient (Wildman–Crippen LogP) is 1.55. The lowest BCUT2D eigenvalue weighted by Crippen LogP contribution is -3.09. The van der Waals surface area contributed by atoms with Crippen LogP contribution in [0.15, 0.2) is 53.4 Å². The molecular formula is C20H27N4O4S+. The molecule has 2 aromatic carbocycles. The number of hydrogen-bond acceptors (Lipinski definition) is 5. The van der Waals surface area contributed by atoms with Gasteiger partial charge in [0.15, 0.2) is 0 Å². The maximum Gasteiger partial charge on any atom is 0.293 e. The average molecular weight is 420 g/mol. The van der Waals surface area contributed by atoms with Crippen LogP contribution >= 0.6 is 0 Å². The van der Waals surface area contributed by atoms with Crippen LogP contribution in [0.25, 0.3) is 0 Å². The first kappa shape index (κ1) is 21.2. The van der Waals surface area contributed by atoms with Gasteiger partial charge in [-0.25, -0.2) is 13.1 Å². The summed E-state index contributed by atoms with van der Waals surface area (Å²) < 4.78 is 27.1. The van der Waals surface area contributed by atoms with Gasteiger partial charge in [-0.1, -0.05) is 30.3 Å². The minimum atomic E-state index is -3.79. The number of quaternary nitrogens is 1. The molecule has 3 rings (SSSR count). The van der Waals surface area contributed by atoms with Gasteiger partial charge in [-0.3, -0.25) is 10.1 Å². The Morgan fingerprint density at radius 2 is 1.93 bits per heavy atom. The summed E-state index contributed by atoms with van der Waals surface area (Å²) in [7, 11) is -3.79. The molecule has 0 aromatic heterocycles. The Kier molecular flexibility index (Phi) is 6.51. The molecule has 1 saturated heterocycles. The summed E-state index contributed by atoms with van der Waals surface area (Å²) in [6.45, 7) is 6.14. The number of benzene rings is 2. The van der Waals surface area contributed by atoms with Crippen LogP contribution < -0.4 is 14.9 Å². The number of nitrogens with one attached hydrogen (secondary N) is 3. The summed E-state index contributed by atoms with van der Waals surface area (Å²) in [5.74, 6) is 0. The molecule has 0 saturated carbocycles. The van der Waals surface area contributed by atoms with E-state index < -0.39 is 14.9 Å². The second-order valence-corrected chi connectivity index (χ2v) is 9.42. The van der Waals surface area contributed by atoms with Crippen LogP contribution in [0.2, 0.25) is 0 Å². The second kappa shape index (κ2) is 8.89. The molecule has 156 valence electrons. The smallest absolute Gasteiger partial charge is 0.293 e. The van der Waals surface area contributed by atoms with E-state index in [0.717, 1.165) is 32.1 Å². The molecule has 0 amide bonds. The van der Waals surface area contributed by atoms with Gasteiger partial charge in [0, 0.05) is 24.1 Å². The highest BCUT2D eigenvalue weighted by molar-refractivity contribution is 7.89. The highest BCUT2D eigenvalue weighted by Gasteiger charge is 2.29. The van der Waals surface area contributed by atoms with Crippen LogP contribution in [0.4, 0.5) is 11.4 Å². The maximum atomic E-state index is 12.3. The summed E-state index contributed by atoms with van der Waals surface area (Å²) in [6.07, 6.45) is 0.897. The van der Waals surface area contributed by atoms with Crippen LogP contribution in [0, 0.1) is 10.1 Å². The van der Waals surface area contributed by atoms with Crippen molar-refractivity contribution >= 4 is 21.4 Å². The van der Waals surface area contributed by atoms with Crippen molar-refractivity contribution in [3.63, 3.8) is 0 Å². The fraction of sp³-hybridized carbons (Fsp3) is 0.400.